The third kappa shape index (κ3) is 3.62. The van der Waals surface area contributed by atoms with Crippen LogP contribution in [0.4, 0.5) is 0 Å². The predicted octanol–water partition coefficient (Wildman–Crippen LogP) is 1.98. The maximum Gasteiger partial charge on any atom is 0.257 e. The van der Waals surface area contributed by atoms with Crippen LogP contribution in [0, 0.1) is 0 Å². The van der Waals surface area contributed by atoms with Gasteiger partial charge in [-0.05, 0) is 17.5 Å². The number of nitrogens with zero attached hydrogens (tertiary/aromatic N) is 5. The molecule has 0 radical (unpaired) electrons. The number of aromatic nitrogens is 4. The molecule has 1 fully saturated rings. The fourth-order valence-corrected chi connectivity index (χ4v) is 3.35. The van der Waals surface area contributed by atoms with Gasteiger partial charge >= 0.3 is 0 Å². The van der Waals surface area contributed by atoms with E-state index in [9.17, 15) is 4.79 Å². The Hall–Kier alpha value is -2.52. The van der Waals surface area contributed by atoms with Crippen LogP contribution in [0.5, 0.6) is 0 Å². The first-order chi connectivity index (χ1) is 12.3. The number of amides is 1. The molecule has 130 valence electrons. The van der Waals surface area contributed by atoms with Crippen LogP contribution < -0.4 is 0 Å². The van der Waals surface area contributed by atoms with Crippen molar-refractivity contribution >= 4 is 17.2 Å². The highest BCUT2D eigenvalue weighted by Crippen LogP contribution is 2.26. The first kappa shape index (κ1) is 16.0. The SMILES string of the molecule is O=C(CCn1cccn1)N1CCO[C@H](c2nc(-c3cccs3)no2)C1. The van der Waals surface area contributed by atoms with E-state index >= 15 is 0 Å². The quantitative estimate of drug-likeness (QED) is 0.692. The number of carbonyl (C=O) groups is 1. The number of aryl methyl sites for hydroxylation is 1. The maximum absolute atomic E-state index is 12.4. The Labute approximate surface area is 148 Å². The van der Waals surface area contributed by atoms with Crippen LogP contribution in [0.25, 0.3) is 10.7 Å². The first-order valence-electron chi connectivity index (χ1n) is 8.04. The van der Waals surface area contributed by atoms with Gasteiger partial charge in [0.25, 0.3) is 5.89 Å². The highest BCUT2D eigenvalue weighted by Gasteiger charge is 2.29. The minimum atomic E-state index is -0.386. The molecule has 1 aliphatic heterocycles. The van der Waals surface area contributed by atoms with Gasteiger partial charge in [-0.25, -0.2) is 0 Å². The van der Waals surface area contributed by atoms with E-state index in [4.69, 9.17) is 9.26 Å². The Bertz CT molecular complexity index is 815. The van der Waals surface area contributed by atoms with Crippen molar-refractivity contribution in [1.82, 2.24) is 24.8 Å². The van der Waals surface area contributed by atoms with Gasteiger partial charge in [0.2, 0.25) is 11.7 Å². The largest absolute Gasteiger partial charge is 0.365 e. The van der Waals surface area contributed by atoms with E-state index < -0.39 is 0 Å². The molecule has 0 bridgehead atoms. The lowest BCUT2D eigenvalue weighted by Gasteiger charge is -2.31. The van der Waals surface area contributed by atoms with Crippen LogP contribution in [0.1, 0.15) is 18.4 Å². The van der Waals surface area contributed by atoms with E-state index in [1.54, 1.807) is 27.1 Å². The predicted molar refractivity (Wildman–Crippen MR) is 89.7 cm³/mol. The van der Waals surface area contributed by atoms with Gasteiger partial charge < -0.3 is 14.2 Å². The standard InChI is InChI=1S/C16H17N5O3S/c22-14(4-7-21-6-2-5-17-21)20-8-9-23-12(11-20)16-18-15(19-24-16)13-3-1-10-25-13/h1-3,5-6,10,12H,4,7-9,11H2/t12-/m0/s1. The summed E-state index contributed by atoms with van der Waals surface area (Å²) in [6.45, 7) is 2.01. The van der Waals surface area contributed by atoms with E-state index in [0.29, 0.717) is 44.4 Å². The zero-order valence-electron chi connectivity index (χ0n) is 13.4. The molecule has 9 heteroatoms. The third-order valence-corrected chi connectivity index (χ3v) is 4.86. The second-order valence-electron chi connectivity index (χ2n) is 5.65. The van der Waals surface area contributed by atoms with E-state index in [1.807, 2.05) is 29.8 Å². The average Bonchev–Trinajstić information content (AvgIpc) is 3.41. The normalized spacial score (nSPS) is 17.8. The number of morpholine rings is 1. The summed E-state index contributed by atoms with van der Waals surface area (Å²) in [6, 6.07) is 5.72. The van der Waals surface area contributed by atoms with E-state index in [1.165, 1.54) is 0 Å². The molecule has 0 N–H and O–H groups in total. The van der Waals surface area contributed by atoms with E-state index in [2.05, 4.69) is 15.2 Å². The Morgan fingerprint density at radius 3 is 3.16 bits per heavy atom. The topological polar surface area (TPSA) is 86.3 Å². The van der Waals surface area contributed by atoms with Crippen molar-refractivity contribution in [2.75, 3.05) is 19.7 Å². The van der Waals surface area contributed by atoms with Crippen molar-refractivity contribution in [3.05, 3.63) is 41.9 Å². The number of hydrogen-bond donors (Lipinski definition) is 0. The van der Waals surface area contributed by atoms with Crippen molar-refractivity contribution in [2.24, 2.45) is 0 Å². The van der Waals surface area contributed by atoms with Crippen LogP contribution in [0.2, 0.25) is 0 Å². The summed E-state index contributed by atoms with van der Waals surface area (Å²) in [5.74, 6) is 1.03. The molecule has 0 aromatic carbocycles. The fourth-order valence-electron chi connectivity index (χ4n) is 2.70. The summed E-state index contributed by atoms with van der Waals surface area (Å²) in [5.41, 5.74) is 0. The molecule has 4 rings (SSSR count). The lowest BCUT2D eigenvalue weighted by Crippen LogP contribution is -2.42. The van der Waals surface area contributed by atoms with Gasteiger partial charge in [0.15, 0.2) is 6.10 Å². The molecule has 0 spiro atoms. The van der Waals surface area contributed by atoms with Crippen LogP contribution in [0.3, 0.4) is 0 Å². The molecular weight excluding hydrogens is 342 g/mol. The third-order valence-electron chi connectivity index (χ3n) is 3.99. The van der Waals surface area contributed by atoms with Gasteiger partial charge in [-0.2, -0.15) is 10.1 Å². The molecule has 3 aromatic rings. The summed E-state index contributed by atoms with van der Waals surface area (Å²) in [4.78, 5) is 19.6. The minimum absolute atomic E-state index is 0.0711. The van der Waals surface area contributed by atoms with Crippen molar-refractivity contribution in [1.29, 1.82) is 0 Å². The number of rotatable bonds is 5. The zero-order chi connectivity index (χ0) is 17.1. The molecule has 25 heavy (non-hydrogen) atoms. The lowest BCUT2D eigenvalue weighted by atomic mass is 10.2. The molecule has 1 atom stereocenters. The van der Waals surface area contributed by atoms with Crippen LogP contribution >= 0.6 is 11.3 Å². The lowest BCUT2D eigenvalue weighted by molar-refractivity contribution is -0.140. The molecule has 1 aliphatic rings. The Balaban J connectivity index is 1.38. The van der Waals surface area contributed by atoms with Gasteiger partial charge in [-0.1, -0.05) is 11.2 Å². The van der Waals surface area contributed by atoms with Crippen LogP contribution in [-0.2, 0) is 16.1 Å². The molecule has 8 nitrogen and oxygen atoms in total. The number of carbonyl (C=O) groups excluding carboxylic acids is 1. The number of ether oxygens (including phenoxy) is 1. The van der Waals surface area contributed by atoms with Gasteiger partial charge in [0.1, 0.15) is 0 Å². The van der Waals surface area contributed by atoms with E-state index in [-0.39, 0.29) is 12.0 Å². The van der Waals surface area contributed by atoms with Gasteiger partial charge in [-0.3, -0.25) is 9.48 Å². The summed E-state index contributed by atoms with van der Waals surface area (Å²) in [5, 5.41) is 10.1. The van der Waals surface area contributed by atoms with Crippen molar-refractivity contribution in [2.45, 2.75) is 19.1 Å². The maximum atomic E-state index is 12.4. The summed E-state index contributed by atoms with van der Waals surface area (Å²) in [7, 11) is 0. The number of thiophene rings is 1. The summed E-state index contributed by atoms with van der Waals surface area (Å²) < 4.78 is 12.8. The van der Waals surface area contributed by atoms with Gasteiger partial charge in [0.05, 0.1) is 18.0 Å². The first-order valence-corrected chi connectivity index (χ1v) is 8.92. The monoisotopic (exact) mass is 359 g/mol. The molecule has 3 aromatic heterocycles. The highest BCUT2D eigenvalue weighted by atomic mass is 32.1. The highest BCUT2D eigenvalue weighted by molar-refractivity contribution is 7.13. The van der Waals surface area contributed by atoms with Gasteiger partial charge in [-0.15, -0.1) is 11.3 Å². The smallest absolute Gasteiger partial charge is 0.257 e. The Kier molecular flexibility index (Phi) is 4.57. The van der Waals surface area contributed by atoms with Crippen LogP contribution in [-0.4, -0.2) is 50.4 Å². The van der Waals surface area contributed by atoms with E-state index in [0.717, 1.165) is 4.88 Å². The summed E-state index contributed by atoms with van der Waals surface area (Å²) >= 11 is 1.55. The molecule has 1 saturated heterocycles. The second-order valence-corrected chi connectivity index (χ2v) is 6.60. The van der Waals surface area contributed by atoms with Crippen molar-refractivity contribution in [3.8, 4) is 10.7 Å². The van der Waals surface area contributed by atoms with Gasteiger partial charge in [0, 0.05) is 31.9 Å². The minimum Gasteiger partial charge on any atom is -0.365 e. The average molecular weight is 359 g/mol. The Morgan fingerprint density at radius 2 is 2.36 bits per heavy atom. The van der Waals surface area contributed by atoms with Crippen LogP contribution in [0.15, 0.2) is 40.5 Å². The van der Waals surface area contributed by atoms with Crippen molar-refractivity contribution in [3.63, 3.8) is 0 Å². The molecule has 0 saturated carbocycles. The second kappa shape index (κ2) is 7.16. The fraction of sp³-hybridized carbons (Fsp3) is 0.375. The number of hydrogen-bond acceptors (Lipinski definition) is 7. The molecule has 1 amide bonds. The molecule has 0 aliphatic carbocycles. The molecular formula is C16H17N5O3S. The van der Waals surface area contributed by atoms with Crippen molar-refractivity contribution < 1.29 is 14.1 Å². The zero-order valence-corrected chi connectivity index (χ0v) is 14.3. The molecule has 0 unspecified atom stereocenters. The molecule has 4 heterocycles. The summed E-state index contributed by atoms with van der Waals surface area (Å²) in [6.07, 6.45) is 3.57. The Morgan fingerprint density at radius 1 is 1.40 bits per heavy atom.